The van der Waals surface area contributed by atoms with Gasteiger partial charge in [0.15, 0.2) is 0 Å². The minimum Gasteiger partial charge on any atom is -0.396 e. The lowest BCUT2D eigenvalue weighted by atomic mass is 10.1. The van der Waals surface area contributed by atoms with Gasteiger partial charge in [0.1, 0.15) is 0 Å². The molecule has 0 spiro atoms. The summed E-state index contributed by atoms with van der Waals surface area (Å²) < 4.78 is 0. The number of aliphatic hydroxyl groups is 1. The first-order valence-corrected chi connectivity index (χ1v) is 4.17. The van der Waals surface area contributed by atoms with Crippen molar-refractivity contribution in [1.29, 1.82) is 0 Å². The van der Waals surface area contributed by atoms with Gasteiger partial charge in [-0.2, -0.15) is 0 Å². The Kier molecular flexibility index (Phi) is 3.55. The molecule has 0 saturated heterocycles. The van der Waals surface area contributed by atoms with E-state index in [-0.39, 0.29) is 6.61 Å². The molecule has 0 atom stereocenters. The lowest BCUT2D eigenvalue weighted by Gasteiger charge is -1.97. The molecular formula is C11H14O. The molecule has 0 aliphatic carbocycles. The lowest BCUT2D eigenvalue weighted by Crippen LogP contribution is -1.79. The molecule has 0 unspecified atom stereocenters. The molecule has 0 aliphatic rings. The summed E-state index contributed by atoms with van der Waals surface area (Å²) >= 11 is 0. The van der Waals surface area contributed by atoms with Crippen LogP contribution in [-0.2, 0) is 0 Å². The second-order valence-corrected chi connectivity index (χ2v) is 2.77. The number of benzene rings is 1. The molecule has 1 N–H and O–H groups in total. The van der Waals surface area contributed by atoms with E-state index in [0.29, 0.717) is 0 Å². The highest BCUT2D eigenvalue weighted by Gasteiger charge is 1.89. The fourth-order valence-electron chi connectivity index (χ4n) is 1.06. The van der Waals surface area contributed by atoms with Gasteiger partial charge in [0.25, 0.3) is 0 Å². The number of rotatable bonds is 3. The maximum Gasteiger partial charge on any atom is 0.0465 e. The zero-order valence-corrected chi connectivity index (χ0v) is 7.33. The molecule has 0 bridgehead atoms. The molecule has 0 amide bonds. The van der Waals surface area contributed by atoms with E-state index in [4.69, 9.17) is 5.11 Å². The second-order valence-electron chi connectivity index (χ2n) is 2.77. The molecule has 1 heteroatoms. The number of hydrogen-bond donors (Lipinski definition) is 1. The zero-order valence-electron chi connectivity index (χ0n) is 7.33. The first-order valence-electron chi connectivity index (χ1n) is 4.17. The van der Waals surface area contributed by atoms with Crippen LogP contribution in [-0.4, -0.2) is 11.7 Å². The Morgan fingerprint density at radius 2 is 2.08 bits per heavy atom. The Bertz CT molecular complexity index is 263. The molecule has 0 fully saturated rings. The van der Waals surface area contributed by atoms with E-state index in [9.17, 15) is 0 Å². The standard InChI is InChI=1S/C11H14O/c1-10-6-2-3-7-11(10)8-4-5-9-12/h2-4,6-8,12H,5,9H2,1H3/b8-4-. The number of aryl methyl sites for hydroxylation is 1. The van der Waals surface area contributed by atoms with Crippen LogP contribution in [0.5, 0.6) is 0 Å². The highest BCUT2D eigenvalue weighted by molar-refractivity contribution is 5.53. The van der Waals surface area contributed by atoms with E-state index in [0.717, 1.165) is 6.42 Å². The predicted molar refractivity (Wildman–Crippen MR) is 51.9 cm³/mol. The topological polar surface area (TPSA) is 20.2 Å². The van der Waals surface area contributed by atoms with Crippen LogP contribution in [0.1, 0.15) is 17.5 Å². The summed E-state index contributed by atoms with van der Waals surface area (Å²) in [6, 6.07) is 8.20. The Morgan fingerprint density at radius 3 is 2.75 bits per heavy atom. The third-order valence-corrected chi connectivity index (χ3v) is 1.78. The molecule has 0 heterocycles. The van der Waals surface area contributed by atoms with Crippen molar-refractivity contribution in [2.45, 2.75) is 13.3 Å². The summed E-state index contributed by atoms with van der Waals surface area (Å²) in [6.07, 6.45) is 4.77. The fraction of sp³-hybridized carbons (Fsp3) is 0.273. The molecule has 1 aromatic rings. The van der Waals surface area contributed by atoms with Crippen molar-refractivity contribution in [3.63, 3.8) is 0 Å². The molecule has 1 aromatic carbocycles. The molecule has 12 heavy (non-hydrogen) atoms. The van der Waals surface area contributed by atoms with Gasteiger partial charge >= 0.3 is 0 Å². The van der Waals surface area contributed by atoms with Gasteiger partial charge in [-0.3, -0.25) is 0 Å². The van der Waals surface area contributed by atoms with Crippen LogP contribution in [0.15, 0.2) is 30.3 Å². The van der Waals surface area contributed by atoms with E-state index >= 15 is 0 Å². The van der Waals surface area contributed by atoms with Gasteiger partial charge in [0, 0.05) is 6.61 Å². The largest absolute Gasteiger partial charge is 0.396 e. The maximum atomic E-state index is 8.56. The monoisotopic (exact) mass is 162 g/mol. The van der Waals surface area contributed by atoms with Gasteiger partial charge < -0.3 is 5.11 Å². The van der Waals surface area contributed by atoms with Crippen LogP contribution in [0.4, 0.5) is 0 Å². The van der Waals surface area contributed by atoms with Gasteiger partial charge in [-0.1, -0.05) is 36.4 Å². The zero-order chi connectivity index (χ0) is 8.81. The van der Waals surface area contributed by atoms with Crippen LogP contribution in [0.25, 0.3) is 6.08 Å². The Balaban J connectivity index is 2.68. The highest BCUT2D eigenvalue weighted by Crippen LogP contribution is 2.08. The van der Waals surface area contributed by atoms with Gasteiger partial charge in [0.2, 0.25) is 0 Å². The Morgan fingerprint density at radius 1 is 1.33 bits per heavy atom. The van der Waals surface area contributed by atoms with Crippen molar-refractivity contribution in [3.05, 3.63) is 41.5 Å². The van der Waals surface area contributed by atoms with Crippen LogP contribution >= 0.6 is 0 Å². The molecule has 0 aliphatic heterocycles. The molecule has 0 saturated carbocycles. The third-order valence-electron chi connectivity index (χ3n) is 1.78. The van der Waals surface area contributed by atoms with Crippen LogP contribution in [0.2, 0.25) is 0 Å². The molecular weight excluding hydrogens is 148 g/mol. The Labute approximate surface area is 73.4 Å². The maximum absolute atomic E-state index is 8.56. The average Bonchev–Trinajstić information content (AvgIpc) is 2.09. The average molecular weight is 162 g/mol. The fourth-order valence-corrected chi connectivity index (χ4v) is 1.06. The van der Waals surface area contributed by atoms with Crippen molar-refractivity contribution >= 4 is 6.08 Å². The minimum atomic E-state index is 0.225. The smallest absolute Gasteiger partial charge is 0.0465 e. The van der Waals surface area contributed by atoms with E-state index < -0.39 is 0 Å². The van der Waals surface area contributed by atoms with Crippen molar-refractivity contribution in [3.8, 4) is 0 Å². The first-order chi connectivity index (χ1) is 5.84. The third kappa shape index (κ3) is 2.51. The molecule has 64 valence electrons. The molecule has 0 aromatic heterocycles. The summed E-state index contributed by atoms with van der Waals surface area (Å²) in [5, 5.41) is 8.56. The van der Waals surface area contributed by atoms with E-state index in [1.165, 1.54) is 11.1 Å². The van der Waals surface area contributed by atoms with Crippen LogP contribution < -0.4 is 0 Å². The van der Waals surface area contributed by atoms with Crippen molar-refractivity contribution in [2.24, 2.45) is 0 Å². The molecule has 0 radical (unpaired) electrons. The van der Waals surface area contributed by atoms with Gasteiger partial charge in [0.05, 0.1) is 0 Å². The summed E-state index contributed by atoms with van der Waals surface area (Å²) in [7, 11) is 0. The SMILES string of the molecule is Cc1ccccc1/C=C\CCO. The normalized spacial score (nSPS) is 10.8. The van der Waals surface area contributed by atoms with E-state index in [1.54, 1.807) is 0 Å². The Hall–Kier alpha value is -1.08. The molecule has 1 rings (SSSR count). The summed E-state index contributed by atoms with van der Waals surface area (Å²) in [6.45, 7) is 2.31. The van der Waals surface area contributed by atoms with Crippen molar-refractivity contribution in [1.82, 2.24) is 0 Å². The van der Waals surface area contributed by atoms with Gasteiger partial charge in [-0.15, -0.1) is 0 Å². The first kappa shape index (κ1) is 9.01. The van der Waals surface area contributed by atoms with Crippen molar-refractivity contribution in [2.75, 3.05) is 6.61 Å². The predicted octanol–water partition coefficient (Wildman–Crippen LogP) is 2.39. The summed E-state index contributed by atoms with van der Waals surface area (Å²) in [4.78, 5) is 0. The number of aliphatic hydroxyl groups excluding tert-OH is 1. The van der Waals surface area contributed by atoms with Crippen molar-refractivity contribution < 1.29 is 5.11 Å². The number of hydrogen-bond acceptors (Lipinski definition) is 1. The van der Waals surface area contributed by atoms with E-state index in [1.807, 2.05) is 24.3 Å². The minimum absolute atomic E-state index is 0.225. The quantitative estimate of drug-likeness (QED) is 0.723. The second kappa shape index (κ2) is 4.73. The molecule has 1 nitrogen and oxygen atoms in total. The van der Waals surface area contributed by atoms with Gasteiger partial charge in [-0.05, 0) is 24.5 Å². The van der Waals surface area contributed by atoms with Gasteiger partial charge in [-0.25, -0.2) is 0 Å². The van der Waals surface area contributed by atoms with Crippen LogP contribution in [0, 0.1) is 6.92 Å². The summed E-state index contributed by atoms with van der Waals surface area (Å²) in [5.74, 6) is 0. The van der Waals surface area contributed by atoms with Crippen LogP contribution in [0.3, 0.4) is 0 Å². The lowest BCUT2D eigenvalue weighted by molar-refractivity contribution is 0.303. The van der Waals surface area contributed by atoms with E-state index in [2.05, 4.69) is 19.1 Å². The summed E-state index contributed by atoms with van der Waals surface area (Å²) in [5.41, 5.74) is 2.50. The highest BCUT2D eigenvalue weighted by atomic mass is 16.2.